The molecule has 1 saturated heterocycles. The summed E-state index contributed by atoms with van der Waals surface area (Å²) >= 11 is 0. The molecule has 0 spiro atoms. The Labute approximate surface area is 146 Å². The summed E-state index contributed by atoms with van der Waals surface area (Å²) in [5.74, 6) is 0.802. The van der Waals surface area contributed by atoms with Gasteiger partial charge in [0.15, 0.2) is 0 Å². The molecule has 24 heavy (non-hydrogen) atoms. The Balaban J connectivity index is 1.84. The number of nitrogens with one attached hydrogen (secondary N) is 1. The first kappa shape index (κ1) is 18.5. The first-order valence-electron chi connectivity index (χ1n) is 9.12. The molecule has 3 heteroatoms. The van der Waals surface area contributed by atoms with Crippen LogP contribution >= 0.6 is 0 Å². The minimum atomic E-state index is 0.313. The van der Waals surface area contributed by atoms with Gasteiger partial charge in [-0.3, -0.25) is 4.79 Å². The van der Waals surface area contributed by atoms with E-state index in [-0.39, 0.29) is 0 Å². The standard InChI is InChI=1S/C21H30N2O/c1-2-3-4-6-10-20(19-11-7-5-8-12-19)13-9-14-21(24)23-17-15-22-16-18-23/h2-8,11-12,20,22H,9-10,13-18H2,1H3/b3-2-,6-4-. The summed E-state index contributed by atoms with van der Waals surface area (Å²) in [4.78, 5) is 14.3. The second-order valence-corrected chi connectivity index (χ2v) is 6.32. The lowest BCUT2D eigenvalue weighted by molar-refractivity contribution is -0.131. The molecule has 1 N–H and O–H groups in total. The van der Waals surface area contributed by atoms with Crippen molar-refractivity contribution in [3.63, 3.8) is 0 Å². The zero-order valence-electron chi connectivity index (χ0n) is 14.8. The van der Waals surface area contributed by atoms with Gasteiger partial charge in [-0.1, -0.05) is 54.6 Å². The molecule has 1 heterocycles. The third-order valence-corrected chi connectivity index (χ3v) is 4.54. The summed E-state index contributed by atoms with van der Waals surface area (Å²) in [6.45, 7) is 5.59. The second-order valence-electron chi connectivity index (χ2n) is 6.32. The average molecular weight is 326 g/mol. The van der Waals surface area contributed by atoms with Crippen molar-refractivity contribution in [3.8, 4) is 0 Å². The van der Waals surface area contributed by atoms with E-state index in [1.807, 2.05) is 17.9 Å². The summed E-state index contributed by atoms with van der Waals surface area (Å²) < 4.78 is 0. The van der Waals surface area contributed by atoms with Crippen molar-refractivity contribution in [3.05, 3.63) is 60.2 Å². The lowest BCUT2D eigenvalue weighted by atomic mass is 9.90. The Morgan fingerprint density at radius 1 is 1.21 bits per heavy atom. The molecule has 130 valence electrons. The fraction of sp³-hybridized carbons (Fsp3) is 0.476. The van der Waals surface area contributed by atoms with Crippen molar-refractivity contribution >= 4 is 5.91 Å². The fourth-order valence-corrected chi connectivity index (χ4v) is 3.15. The van der Waals surface area contributed by atoms with Gasteiger partial charge in [0, 0.05) is 32.6 Å². The number of rotatable bonds is 8. The molecule has 0 aromatic heterocycles. The van der Waals surface area contributed by atoms with Crippen LogP contribution in [-0.4, -0.2) is 37.0 Å². The van der Waals surface area contributed by atoms with Crippen molar-refractivity contribution in [2.24, 2.45) is 0 Å². The van der Waals surface area contributed by atoms with E-state index in [9.17, 15) is 4.79 Å². The summed E-state index contributed by atoms with van der Waals surface area (Å²) in [5, 5.41) is 3.29. The van der Waals surface area contributed by atoms with E-state index >= 15 is 0 Å². The van der Waals surface area contributed by atoms with Crippen LogP contribution in [0.2, 0.25) is 0 Å². The summed E-state index contributed by atoms with van der Waals surface area (Å²) in [7, 11) is 0. The molecule has 1 aliphatic heterocycles. The third kappa shape index (κ3) is 6.32. The van der Waals surface area contributed by atoms with E-state index in [1.165, 1.54) is 5.56 Å². The summed E-state index contributed by atoms with van der Waals surface area (Å²) in [6, 6.07) is 10.7. The van der Waals surface area contributed by atoms with E-state index in [2.05, 4.69) is 53.9 Å². The van der Waals surface area contributed by atoms with Gasteiger partial charge in [-0.2, -0.15) is 0 Å². The quantitative estimate of drug-likeness (QED) is 0.735. The van der Waals surface area contributed by atoms with Crippen molar-refractivity contribution < 1.29 is 4.79 Å². The Kier molecular flexibility index (Phi) is 8.33. The SMILES string of the molecule is C/C=C\C=C/CC(CCCC(=O)N1CCNCC1)c1ccccc1. The second kappa shape index (κ2) is 10.8. The minimum absolute atomic E-state index is 0.313. The highest BCUT2D eigenvalue weighted by molar-refractivity contribution is 5.76. The summed E-state index contributed by atoms with van der Waals surface area (Å²) in [6.07, 6.45) is 12.2. The monoisotopic (exact) mass is 326 g/mol. The van der Waals surface area contributed by atoms with Gasteiger partial charge >= 0.3 is 0 Å². The number of carbonyl (C=O) groups excluding carboxylic acids is 1. The van der Waals surface area contributed by atoms with Gasteiger partial charge < -0.3 is 10.2 Å². The summed E-state index contributed by atoms with van der Waals surface area (Å²) in [5.41, 5.74) is 1.37. The van der Waals surface area contributed by atoms with Gasteiger partial charge in [-0.25, -0.2) is 0 Å². The van der Waals surface area contributed by atoms with E-state index < -0.39 is 0 Å². The molecule has 0 saturated carbocycles. The number of allylic oxidation sites excluding steroid dienone is 4. The first-order valence-corrected chi connectivity index (χ1v) is 9.12. The number of hydrogen-bond donors (Lipinski definition) is 1. The molecule has 1 aliphatic rings. The number of nitrogens with zero attached hydrogens (tertiary/aromatic N) is 1. The van der Waals surface area contributed by atoms with Crippen LogP contribution in [0.1, 0.15) is 44.1 Å². The molecule has 1 aromatic carbocycles. The Bertz CT molecular complexity index is 530. The van der Waals surface area contributed by atoms with E-state index in [0.717, 1.165) is 45.4 Å². The van der Waals surface area contributed by atoms with Crippen LogP contribution in [0.5, 0.6) is 0 Å². The Morgan fingerprint density at radius 2 is 1.96 bits per heavy atom. The van der Waals surface area contributed by atoms with Crippen molar-refractivity contribution in [2.75, 3.05) is 26.2 Å². The zero-order chi connectivity index (χ0) is 17.0. The van der Waals surface area contributed by atoms with Crippen molar-refractivity contribution in [1.29, 1.82) is 0 Å². The van der Waals surface area contributed by atoms with Gasteiger partial charge in [-0.15, -0.1) is 0 Å². The molecular formula is C21H30N2O. The molecule has 3 nitrogen and oxygen atoms in total. The maximum absolute atomic E-state index is 12.3. The molecule has 1 amide bonds. The number of amides is 1. The van der Waals surface area contributed by atoms with E-state index in [0.29, 0.717) is 18.2 Å². The minimum Gasteiger partial charge on any atom is -0.340 e. The van der Waals surface area contributed by atoms with Gasteiger partial charge in [0.25, 0.3) is 0 Å². The maximum Gasteiger partial charge on any atom is 0.222 e. The fourth-order valence-electron chi connectivity index (χ4n) is 3.15. The predicted octanol–water partition coefficient (Wildman–Crippen LogP) is 3.89. The molecule has 1 unspecified atom stereocenters. The van der Waals surface area contributed by atoms with Crippen molar-refractivity contribution in [2.45, 2.75) is 38.5 Å². The Hall–Kier alpha value is -1.87. The predicted molar refractivity (Wildman–Crippen MR) is 101 cm³/mol. The largest absolute Gasteiger partial charge is 0.340 e. The zero-order valence-corrected chi connectivity index (χ0v) is 14.8. The topological polar surface area (TPSA) is 32.3 Å². The molecular weight excluding hydrogens is 296 g/mol. The van der Waals surface area contributed by atoms with Crippen molar-refractivity contribution in [1.82, 2.24) is 10.2 Å². The number of piperazine rings is 1. The van der Waals surface area contributed by atoms with Crippen LogP contribution in [0.25, 0.3) is 0 Å². The van der Waals surface area contributed by atoms with Crippen LogP contribution in [0.4, 0.5) is 0 Å². The highest BCUT2D eigenvalue weighted by Gasteiger charge is 2.17. The van der Waals surface area contributed by atoms with Gasteiger partial charge in [-0.05, 0) is 37.7 Å². The highest BCUT2D eigenvalue weighted by atomic mass is 16.2. The number of carbonyl (C=O) groups is 1. The normalized spacial score (nSPS) is 16.8. The third-order valence-electron chi connectivity index (χ3n) is 4.54. The van der Waals surface area contributed by atoms with Gasteiger partial charge in [0.05, 0.1) is 0 Å². The molecule has 0 radical (unpaired) electrons. The van der Waals surface area contributed by atoms with Crippen LogP contribution in [0.3, 0.4) is 0 Å². The number of benzene rings is 1. The van der Waals surface area contributed by atoms with Gasteiger partial charge in [0.1, 0.15) is 0 Å². The van der Waals surface area contributed by atoms with Gasteiger partial charge in [0.2, 0.25) is 5.91 Å². The first-order chi connectivity index (χ1) is 11.8. The van der Waals surface area contributed by atoms with Crippen LogP contribution in [0.15, 0.2) is 54.6 Å². The van der Waals surface area contributed by atoms with Crippen LogP contribution in [-0.2, 0) is 4.79 Å². The Morgan fingerprint density at radius 3 is 2.67 bits per heavy atom. The molecule has 1 aromatic rings. The van der Waals surface area contributed by atoms with Crippen LogP contribution < -0.4 is 5.32 Å². The number of hydrogen-bond acceptors (Lipinski definition) is 2. The average Bonchev–Trinajstić information content (AvgIpc) is 2.65. The van der Waals surface area contributed by atoms with E-state index in [4.69, 9.17) is 0 Å². The highest BCUT2D eigenvalue weighted by Crippen LogP contribution is 2.26. The van der Waals surface area contributed by atoms with Crippen LogP contribution in [0, 0.1) is 0 Å². The lowest BCUT2D eigenvalue weighted by Gasteiger charge is -2.27. The molecule has 1 fully saturated rings. The molecule has 0 bridgehead atoms. The maximum atomic E-state index is 12.3. The lowest BCUT2D eigenvalue weighted by Crippen LogP contribution is -2.46. The molecule has 2 rings (SSSR count). The molecule has 0 aliphatic carbocycles. The molecule has 1 atom stereocenters. The smallest absolute Gasteiger partial charge is 0.222 e. The van der Waals surface area contributed by atoms with E-state index in [1.54, 1.807) is 0 Å².